The van der Waals surface area contributed by atoms with Crippen molar-refractivity contribution in [2.75, 3.05) is 13.2 Å². The van der Waals surface area contributed by atoms with E-state index in [1.165, 1.54) is 3.97 Å². The first-order chi connectivity index (χ1) is 34.1. The monoisotopic (exact) mass is 970 g/mol. The number of hydrogen-bond acceptors (Lipinski definition) is 8. The van der Waals surface area contributed by atoms with Gasteiger partial charge in [-0.25, -0.2) is 12.4 Å². The van der Waals surface area contributed by atoms with Crippen LogP contribution in [0.1, 0.15) is 43.0 Å². The predicted molar refractivity (Wildman–Crippen MR) is 277 cm³/mol. The fourth-order valence-corrected chi connectivity index (χ4v) is 13.8. The lowest BCUT2D eigenvalue weighted by Gasteiger charge is -2.55. The Bertz CT molecular complexity index is 2940. The fourth-order valence-electron chi connectivity index (χ4n) is 9.11. The Morgan fingerprint density at radius 2 is 1.03 bits per heavy atom. The minimum absolute atomic E-state index is 0.131. The van der Waals surface area contributed by atoms with Gasteiger partial charge in [-0.15, -0.1) is 0 Å². The van der Waals surface area contributed by atoms with Crippen LogP contribution in [-0.4, -0.2) is 69.8 Å². The maximum Gasteiger partial charge on any atom is 0.268 e. The van der Waals surface area contributed by atoms with Crippen LogP contribution >= 0.6 is 0 Å². The van der Waals surface area contributed by atoms with Crippen molar-refractivity contribution in [1.82, 2.24) is 3.97 Å². The highest BCUT2D eigenvalue weighted by Crippen LogP contribution is 2.41. The summed E-state index contributed by atoms with van der Waals surface area (Å²) in [6, 6.07) is 67.3. The minimum atomic E-state index is -3.93. The van der Waals surface area contributed by atoms with Gasteiger partial charge in [0.2, 0.25) is 0 Å². The van der Waals surface area contributed by atoms with Crippen molar-refractivity contribution in [1.29, 1.82) is 0 Å². The maximum absolute atomic E-state index is 14.3. The van der Waals surface area contributed by atoms with Crippen molar-refractivity contribution < 1.29 is 36.8 Å². The van der Waals surface area contributed by atoms with Crippen molar-refractivity contribution >= 4 is 40.1 Å². The Balaban J connectivity index is 1.22. The number of para-hydroxylation sites is 1. The first-order valence-corrected chi connectivity index (χ1v) is 26.8. The van der Waals surface area contributed by atoms with Gasteiger partial charge < -0.3 is 28.4 Å². The van der Waals surface area contributed by atoms with Crippen LogP contribution in [0.3, 0.4) is 0 Å². The number of aromatic nitrogens is 1. The van der Waals surface area contributed by atoms with Crippen LogP contribution in [-0.2, 0) is 64.7 Å². The lowest BCUT2D eigenvalue weighted by Crippen LogP contribution is -2.77. The number of nitrogens with zero attached hydrogens (tertiary/aromatic N) is 1. The third-order valence-electron chi connectivity index (χ3n) is 12.4. The lowest BCUT2D eigenvalue weighted by atomic mass is 9.97. The minimum Gasteiger partial charge on any atom is -0.373 e. The Morgan fingerprint density at radius 3 is 1.56 bits per heavy atom. The summed E-state index contributed by atoms with van der Waals surface area (Å²) in [6.07, 6.45) is -0.990. The van der Waals surface area contributed by atoms with E-state index in [9.17, 15) is 8.42 Å². The number of ether oxygens (including phenoxy) is 6. The van der Waals surface area contributed by atoms with E-state index in [-0.39, 0.29) is 37.9 Å². The third kappa shape index (κ3) is 11.4. The Morgan fingerprint density at radius 1 is 0.571 bits per heavy atom. The highest BCUT2D eigenvalue weighted by molar-refractivity contribution is 7.90. The standard InChI is InChI=1S/C59H60NO8SSi/c1-58(2,3)67-44-54-55(63-41-45-24-10-4-11-25-45)56(64-42-46-26-12-5-13-27-46)57(65-43-47-28-14-6-15-29-47)59(68-54,70(50-32-18-8-19-33-50)51-34-20-9-21-35-51)66-39-38-48-40-60(53-37-23-22-36-52(48)53)69(61,62)49-30-16-7-17-31-49/h4-37,40,54-57H,38-39,41-44H2,1-3H3/t54-,55-,56+,57-,59+/m1/s1. The van der Waals surface area contributed by atoms with Gasteiger partial charge in [0.05, 0.1) is 49.0 Å². The molecule has 9 rings (SSSR count). The zero-order valence-corrected chi connectivity index (χ0v) is 41.7. The Hall–Kier alpha value is -5.99. The average molecular weight is 971 g/mol. The smallest absolute Gasteiger partial charge is 0.268 e. The Labute approximate surface area is 414 Å². The molecule has 1 aliphatic rings. The van der Waals surface area contributed by atoms with Crippen molar-refractivity contribution in [3.63, 3.8) is 0 Å². The number of rotatable bonds is 20. The lowest BCUT2D eigenvalue weighted by molar-refractivity contribution is -0.352. The molecule has 0 aliphatic carbocycles. The van der Waals surface area contributed by atoms with Gasteiger partial charge in [0.25, 0.3) is 10.0 Å². The molecule has 0 bridgehead atoms. The molecule has 0 N–H and O–H groups in total. The summed E-state index contributed by atoms with van der Waals surface area (Å²) in [5, 5.41) is 2.89. The van der Waals surface area contributed by atoms with Gasteiger partial charge in [0, 0.05) is 11.6 Å². The van der Waals surface area contributed by atoms with E-state index in [4.69, 9.17) is 28.4 Å². The van der Waals surface area contributed by atoms with E-state index < -0.39 is 54.2 Å². The number of benzene rings is 7. The van der Waals surface area contributed by atoms with Crippen LogP contribution in [0.25, 0.3) is 10.9 Å². The second-order valence-corrected chi connectivity index (χ2v) is 22.9. The molecular formula is C59H60NO8SSi. The molecule has 0 amide bonds. The molecule has 0 unspecified atom stereocenters. The van der Waals surface area contributed by atoms with E-state index in [2.05, 4.69) is 84.9 Å². The normalized spacial score (nSPS) is 19.7. The topological polar surface area (TPSA) is 94.5 Å². The van der Waals surface area contributed by atoms with E-state index in [0.29, 0.717) is 11.9 Å². The molecule has 0 saturated carbocycles. The molecule has 1 radical (unpaired) electrons. The molecule has 1 aliphatic heterocycles. The third-order valence-corrected chi connectivity index (χ3v) is 17.2. The molecule has 7 aromatic carbocycles. The molecule has 1 saturated heterocycles. The van der Waals surface area contributed by atoms with Gasteiger partial charge in [-0.05, 0) is 67.6 Å². The summed E-state index contributed by atoms with van der Waals surface area (Å²) in [5.41, 5.74) is 2.31. The van der Waals surface area contributed by atoms with Crippen LogP contribution in [0.4, 0.5) is 0 Å². The first kappa shape index (κ1) is 49.0. The van der Waals surface area contributed by atoms with Gasteiger partial charge in [-0.2, -0.15) is 0 Å². The molecular weight excluding hydrogens is 911 g/mol. The zero-order chi connectivity index (χ0) is 48.4. The highest BCUT2D eigenvalue weighted by atomic mass is 32.2. The highest BCUT2D eigenvalue weighted by Gasteiger charge is 2.62. The zero-order valence-electron chi connectivity index (χ0n) is 39.9. The van der Waals surface area contributed by atoms with Crippen molar-refractivity contribution in [2.45, 2.75) is 87.3 Å². The van der Waals surface area contributed by atoms with Gasteiger partial charge in [0.1, 0.15) is 24.4 Å². The summed E-state index contributed by atoms with van der Waals surface area (Å²) < 4.78 is 73.9. The van der Waals surface area contributed by atoms with Crippen molar-refractivity contribution in [3.8, 4) is 0 Å². The second kappa shape index (κ2) is 22.4. The summed E-state index contributed by atoms with van der Waals surface area (Å²) in [4.78, 5) is 0.207. The van der Waals surface area contributed by atoms with Crippen LogP contribution in [0.15, 0.2) is 217 Å². The van der Waals surface area contributed by atoms with Gasteiger partial charge in [-0.1, -0.05) is 198 Å². The summed E-state index contributed by atoms with van der Waals surface area (Å²) in [5.74, 6) is 0. The molecule has 1 aromatic heterocycles. The van der Waals surface area contributed by atoms with E-state index in [1.807, 2.05) is 118 Å². The molecule has 0 spiro atoms. The second-order valence-electron chi connectivity index (χ2n) is 18.5. The molecule has 2 heterocycles. The van der Waals surface area contributed by atoms with Crippen LogP contribution in [0, 0.1) is 0 Å². The van der Waals surface area contributed by atoms with Crippen LogP contribution < -0.4 is 10.4 Å². The quantitative estimate of drug-likeness (QED) is 0.0698. The van der Waals surface area contributed by atoms with E-state index in [1.54, 1.807) is 30.5 Å². The molecule has 1 fully saturated rings. The largest absolute Gasteiger partial charge is 0.373 e. The van der Waals surface area contributed by atoms with Crippen molar-refractivity contribution in [2.24, 2.45) is 0 Å². The van der Waals surface area contributed by atoms with E-state index >= 15 is 0 Å². The molecule has 359 valence electrons. The van der Waals surface area contributed by atoms with Gasteiger partial charge in [-0.3, -0.25) is 0 Å². The van der Waals surface area contributed by atoms with Crippen LogP contribution in [0.5, 0.6) is 0 Å². The molecule has 11 heteroatoms. The number of hydrogen-bond donors (Lipinski definition) is 0. The summed E-state index contributed by atoms with van der Waals surface area (Å²) in [6.45, 7) is 7.17. The molecule has 8 aromatic rings. The van der Waals surface area contributed by atoms with Gasteiger partial charge >= 0.3 is 0 Å². The molecule has 5 atom stereocenters. The van der Waals surface area contributed by atoms with Crippen molar-refractivity contribution in [3.05, 3.63) is 235 Å². The fraction of sp³-hybridized carbons (Fsp3) is 0.254. The Kier molecular flexibility index (Phi) is 15.7. The SMILES string of the molecule is CC(C)(C)OC[C@H]1O[C@](OCCc2cn(S(=O)(=O)c3ccccc3)c3ccccc23)([Si](c2ccccc2)c2ccccc2)[C@H](OCc2ccccc2)[C@@H](OCc2ccccc2)[C@@H]1OCc1ccccc1. The molecule has 70 heavy (non-hydrogen) atoms. The summed E-state index contributed by atoms with van der Waals surface area (Å²) >= 11 is 0. The molecule has 9 nitrogen and oxygen atoms in total. The van der Waals surface area contributed by atoms with Crippen LogP contribution in [0.2, 0.25) is 0 Å². The number of fused-ring (bicyclic) bond motifs is 1. The first-order valence-electron chi connectivity index (χ1n) is 23.9. The predicted octanol–water partition coefficient (Wildman–Crippen LogP) is 9.95. The van der Waals surface area contributed by atoms with Gasteiger partial charge in [0.15, 0.2) is 14.2 Å². The van der Waals surface area contributed by atoms with E-state index in [0.717, 1.165) is 38.0 Å². The maximum atomic E-state index is 14.3. The summed E-state index contributed by atoms with van der Waals surface area (Å²) in [7, 11) is -6.14. The average Bonchev–Trinajstić information content (AvgIpc) is 3.77.